The fourth-order valence-corrected chi connectivity index (χ4v) is 0.347. The Bertz CT molecular complexity index is 111. The van der Waals surface area contributed by atoms with Crippen LogP contribution in [0, 0.1) is 0 Å². The fourth-order valence-electron chi connectivity index (χ4n) is 0.347. The second-order valence-corrected chi connectivity index (χ2v) is 1.23. The molecule has 42 valence electrons. The molecule has 0 unspecified atom stereocenters. The van der Waals surface area contributed by atoms with Gasteiger partial charge in [0.05, 0.1) is 0 Å². The lowest BCUT2D eigenvalue weighted by molar-refractivity contribution is 0.0477. The van der Waals surface area contributed by atoms with Gasteiger partial charge in [0.1, 0.15) is 12.5 Å². The average Bonchev–Trinajstić information content (AvgIpc) is 1.62. The van der Waals surface area contributed by atoms with Crippen LogP contribution in [0.15, 0.2) is 45.9 Å². The van der Waals surface area contributed by atoms with Gasteiger partial charge in [0.2, 0.25) is 0 Å². The van der Waals surface area contributed by atoms with Crippen molar-refractivity contribution in [1.29, 1.82) is 0 Å². The Morgan fingerprint density at radius 3 is 1.62 bits per heavy atom. The molecule has 8 heavy (non-hydrogen) atoms. The molecule has 2 heteroatoms. The van der Waals surface area contributed by atoms with Gasteiger partial charge in [0.15, 0.2) is 0 Å². The van der Waals surface area contributed by atoms with Gasteiger partial charge in [-0.1, -0.05) is 12.1 Å². The molecule has 0 radical (unpaired) electrons. The Balaban J connectivity index is 3.00. The standard InChI is InChI=1S/C6H6O2/c1-2-4-6-8-7-5-3-1/h1-6H. The summed E-state index contributed by atoms with van der Waals surface area (Å²) in [5.74, 6) is 0. The van der Waals surface area contributed by atoms with Gasteiger partial charge in [0, 0.05) is 0 Å². The number of hydrogen-bond donors (Lipinski definition) is 0. The van der Waals surface area contributed by atoms with E-state index in [-0.39, 0.29) is 0 Å². The Labute approximate surface area is 47.0 Å². The Morgan fingerprint density at radius 2 is 1.12 bits per heavy atom. The van der Waals surface area contributed by atoms with Crippen LogP contribution < -0.4 is 0 Å². The van der Waals surface area contributed by atoms with Crippen LogP contribution in [0.1, 0.15) is 0 Å². The van der Waals surface area contributed by atoms with Crippen LogP contribution >= 0.6 is 0 Å². The average molecular weight is 110 g/mol. The van der Waals surface area contributed by atoms with Gasteiger partial charge in [-0.3, -0.25) is 9.15 Å². The van der Waals surface area contributed by atoms with E-state index >= 15 is 0 Å². The monoisotopic (exact) mass is 110 g/mol. The molecule has 1 aromatic rings. The molecular weight excluding hydrogens is 104 g/mol. The molecule has 0 atom stereocenters. The van der Waals surface area contributed by atoms with Crippen molar-refractivity contribution >= 4 is 0 Å². The van der Waals surface area contributed by atoms with Crippen LogP contribution in [0.2, 0.25) is 0 Å². The molecule has 0 bridgehead atoms. The first-order valence-corrected chi connectivity index (χ1v) is 2.30. The van der Waals surface area contributed by atoms with Crippen LogP contribution in [0.5, 0.6) is 0 Å². The van der Waals surface area contributed by atoms with E-state index in [2.05, 4.69) is 9.15 Å². The fraction of sp³-hybridized carbons (Fsp3) is 0. The first kappa shape index (κ1) is 4.97. The van der Waals surface area contributed by atoms with E-state index in [1.807, 2.05) is 12.1 Å². The van der Waals surface area contributed by atoms with Gasteiger partial charge in [-0.05, 0) is 12.1 Å². The summed E-state index contributed by atoms with van der Waals surface area (Å²) in [5, 5.41) is 0. The van der Waals surface area contributed by atoms with Crippen LogP contribution in [0.25, 0.3) is 0 Å². The first-order chi connectivity index (χ1) is 4.00. The summed E-state index contributed by atoms with van der Waals surface area (Å²) in [7, 11) is 0. The van der Waals surface area contributed by atoms with E-state index in [9.17, 15) is 0 Å². The minimum absolute atomic E-state index is 1.46. The molecule has 1 aromatic heterocycles. The molecule has 1 heterocycles. The summed E-state index contributed by atoms with van der Waals surface area (Å²) in [6.07, 6.45) is 2.92. The maximum atomic E-state index is 4.46. The second kappa shape index (κ2) is 2.91. The molecular formula is C6H6O2. The molecule has 0 saturated carbocycles. The molecule has 0 amide bonds. The highest BCUT2D eigenvalue weighted by Gasteiger charge is 1.59. The third kappa shape index (κ3) is 1.51. The highest BCUT2D eigenvalue weighted by Crippen LogP contribution is 1.80. The molecule has 0 aliphatic heterocycles. The van der Waals surface area contributed by atoms with Crippen LogP contribution in [0.4, 0.5) is 0 Å². The third-order valence-corrected chi connectivity index (χ3v) is 0.657. The Hall–Kier alpha value is -1.18. The van der Waals surface area contributed by atoms with Gasteiger partial charge in [0.25, 0.3) is 0 Å². The van der Waals surface area contributed by atoms with Crippen molar-refractivity contribution in [3.8, 4) is 0 Å². The van der Waals surface area contributed by atoms with Gasteiger partial charge < -0.3 is 0 Å². The molecule has 0 aliphatic rings. The highest BCUT2D eigenvalue weighted by atomic mass is 17.0. The minimum atomic E-state index is 1.46. The van der Waals surface area contributed by atoms with Crippen LogP contribution in [0.3, 0.4) is 0 Å². The van der Waals surface area contributed by atoms with E-state index < -0.39 is 0 Å². The summed E-state index contributed by atoms with van der Waals surface area (Å²) >= 11 is 0. The van der Waals surface area contributed by atoms with E-state index in [0.717, 1.165) is 0 Å². The first-order valence-electron chi connectivity index (χ1n) is 2.30. The van der Waals surface area contributed by atoms with E-state index in [1.165, 1.54) is 12.5 Å². The predicted octanol–water partition coefficient (Wildman–Crippen LogP) is 2.00. The Kier molecular flexibility index (Phi) is 1.80. The predicted molar refractivity (Wildman–Crippen MR) is 28.6 cm³/mol. The van der Waals surface area contributed by atoms with Crippen LogP contribution in [-0.4, -0.2) is 0 Å². The quantitative estimate of drug-likeness (QED) is 0.477. The normalized spacial score (nSPS) is 8.00. The zero-order valence-corrected chi connectivity index (χ0v) is 4.28. The van der Waals surface area contributed by atoms with Crippen molar-refractivity contribution < 1.29 is 9.15 Å². The molecule has 2 nitrogen and oxygen atoms in total. The lowest BCUT2D eigenvalue weighted by atomic mass is 10.5. The third-order valence-electron chi connectivity index (χ3n) is 0.657. The maximum absolute atomic E-state index is 4.46. The summed E-state index contributed by atoms with van der Waals surface area (Å²) in [5.41, 5.74) is 0. The lowest BCUT2D eigenvalue weighted by Gasteiger charge is -1.71. The molecule has 0 fully saturated rings. The smallest absolute Gasteiger partial charge is 0.142 e. The van der Waals surface area contributed by atoms with Crippen molar-refractivity contribution in [1.82, 2.24) is 0 Å². The van der Waals surface area contributed by atoms with Crippen molar-refractivity contribution in [2.24, 2.45) is 0 Å². The van der Waals surface area contributed by atoms with Gasteiger partial charge >= 0.3 is 0 Å². The maximum Gasteiger partial charge on any atom is 0.142 e. The van der Waals surface area contributed by atoms with Crippen LogP contribution in [-0.2, 0) is 0 Å². The zero-order chi connectivity index (χ0) is 5.66. The van der Waals surface area contributed by atoms with E-state index in [0.29, 0.717) is 0 Å². The van der Waals surface area contributed by atoms with Crippen molar-refractivity contribution in [3.63, 3.8) is 0 Å². The number of hydrogen-bond acceptors (Lipinski definition) is 2. The summed E-state index contributed by atoms with van der Waals surface area (Å²) in [6.45, 7) is 0. The van der Waals surface area contributed by atoms with E-state index in [4.69, 9.17) is 0 Å². The SMILES string of the molecule is c1cccoocc1. The topological polar surface area (TPSA) is 26.3 Å². The van der Waals surface area contributed by atoms with Gasteiger partial charge in [-0.2, -0.15) is 0 Å². The second-order valence-electron chi connectivity index (χ2n) is 1.23. The number of rotatable bonds is 0. The van der Waals surface area contributed by atoms with Crippen molar-refractivity contribution in [2.45, 2.75) is 0 Å². The van der Waals surface area contributed by atoms with Crippen molar-refractivity contribution in [3.05, 3.63) is 36.8 Å². The molecule has 0 aromatic carbocycles. The largest absolute Gasteiger partial charge is 0.299 e. The summed E-state index contributed by atoms with van der Waals surface area (Å²) < 4.78 is 8.91. The lowest BCUT2D eigenvalue weighted by Crippen LogP contribution is -1.47. The van der Waals surface area contributed by atoms with Crippen molar-refractivity contribution in [2.75, 3.05) is 0 Å². The molecule has 1 rings (SSSR count). The molecule has 0 saturated heterocycles. The Morgan fingerprint density at radius 1 is 0.625 bits per heavy atom. The molecule has 0 aliphatic carbocycles. The van der Waals surface area contributed by atoms with Gasteiger partial charge in [-0.15, -0.1) is 0 Å². The highest BCUT2D eigenvalue weighted by molar-refractivity contribution is 4.85. The van der Waals surface area contributed by atoms with Gasteiger partial charge in [-0.25, -0.2) is 0 Å². The molecule has 0 N–H and O–H groups in total. The summed E-state index contributed by atoms with van der Waals surface area (Å²) in [6, 6.07) is 7.17. The zero-order valence-electron chi connectivity index (χ0n) is 4.28. The van der Waals surface area contributed by atoms with E-state index in [1.54, 1.807) is 12.1 Å². The minimum Gasteiger partial charge on any atom is -0.299 e. The molecule has 0 spiro atoms. The summed E-state index contributed by atoms with van der Waals surface area (Å²) in [4.78, 5) is 0.